The number of rotatable bonds is 6. The molecule has 0 aliphatic carbocycles. The molecule has 7 heteroatoms. The number of carbonyl (C=O) groups excluding carboxylic acids is 1. The lowest BCUT2D eigenvalue weighted by Gasteiger charge is -2.23. The van der Waals surface area contributed by atoms with Crippen LogP contribution in [0.25, 0.3) is 0 Å². The number of nitrogens with one attached hydrogen (secondary N) is 2. The Kier molecular flexibility index (Phi) is 9.50. The summed E-state index contributed by atoms with van der Waals surface area (Å²) in [6.07, 6.45) is 2.10. The number of halogens is 1. The third-order valence-corrected chi connectivity index (χ3v) is 4.41. The first-order chi connectivity index (χ1) is 9.88. The van der Waals surface area contributed by atoms with Crippen molar-refractivity contribution in [3.8, 4) is 0 Å². The van der Waals surface area contributed by atoms with Gasteiger partial charge in [-0.25, -0.2) is 0 Å². The van der Waals surface area contributed by atoms with Crippen LogP contribution in [0.3, 0.4) is 0 Å². The minimum absolute atomic E-state index is 0. The van der Waals surface area contributed by atoms with Crippen molar-refractivity contribution >= 4 is 47.6 Å². The zero-order valence-corrected chi connectivity index (χ0v) is 16.6. The van der Waals surface area contributed by atoms with E-state index < -0.39 is 5.91 Å². The highest BCUT2D eigenvalue weighted by atomic mass is 127. The molecule has 1 aromatic carbocycles. The van der Waals surface area contributed by atoms with E-state index in [1.165, 1.54) is 0 Å². The molecule has 1 aromatic rings. The van der Waals surface area contributed by atoms with Gasteiger partial charge in [-0.2, -0.15) is 11.8 Å². The van der Waals surface area contributed by atoms with Gasteiger partial charge in [0, 0.05) is 30.4 Å². The van der Waals surface area contributed by atoms with Gasteiger partial charge in [-0.05, 0) is 37.8 Å². The number of nitrogens with zero attached hydrogens (tertiary/aromatic N) is 1. The molecule has 0 aromatic heterocycles. The Hall–Kier alpha value is -0.960. The van der Waals surface area contributed by atoms with Gasteiger partial charge >= 0.3 is 0 Å². The molecule has 0 saturated heterocycles. The number of aliphatic imine (C=N–C) groups is 1. The number of guanidine groups is 1. The first kappa shape index (κ1) is 21.0. The molecule has 1 amide bonds. The second-order valence-electron chi connectivity index (χ2n) is 5.30. The number of hydrogen-bond acceptors (Lipinski definition) is 3. The predicted octanol–water partition coefficient (Wildman–Crippen LogP) is 2.21. The van der Waals surface area contributed by atoms with E-state index in [9.17, 15) is 4.79 Å². The lowest BCUT2D eigenvalue weighted by molar-refractivity contribution is 0.100. The Labute approximate surface area is 153 Å². The topological polar surface area (TPSA) is 79.5 Å². The highest BCUT2D eigenvalue weighted by Gasteiger charge is 2.15. The van der Waals surface area contributed by atoms with Crippen LogP contribution in [-0.2, 0) is 6.54 Å². The summed E-state index contributed by atoms with van der Waals surface area (Å²) < 4.78 is 0.154. The van der Waals surface area contributed by atoms with Crippen molar-refractivity contribution in [2.75, 3.05) is 19.8 Å². The molecule has 1 rings (SSSR count). The fraction of sp³-hybridized carbons (Fsp3) is 0.467. The van der Waals surface area contributed by atoms with E-state index in [4.69, 9.17) is 5.73 Å². The standard InChI is InChI=1S/C15H24N4OS.HI/c1-15(2,21-4)10-19-14(17-3)18-9-11-5-7-12(8-6-11)13(16)20;/h5-8H,9-10H2,1-4H3,(H2,16,20)(H2,17,18,19);1H. The van der Waals surface area contributed by atoms with Gasteiger partial charge in [-0.3, -0.25) is 9.79 Å². The van der Waals surface area contributed by atoms with Crippen LogP contribution in [0.15, 0.2) is 29.3 Å². The van der Waals surface area contributed by atoms with Crippen LogP contribution >= 0.6 is 35.7 Å². The van der Waals surface area contributed by atoms with Gasteiger partial charge in [-0.15, -0.1) is 24.0 Å². The summed E-state index contributed by atoms with van der Waals surface area (Å²) in [5.74, 6) is 0.349. The van der Waals surface area contributed by atoms with Crippen molar-refractivity contribution in [2.45, 2.75) is 25.1 Å². The largest absolute Gasteiger partial charge is 0.366 e. The van der Waals surface area contributed by atoms with Crippen LogP contribution in [0, 0.1) is 0 Å². The fourth-order valence-corrected chi connectivity index (χ4v) is 1.78. The van der Waals surface area contributed by atoms with Crippen molar-refractivity contribution in [1.29, 1.82) is 0 Å². The molecule has 0 atom stereocenters. The molecule has 124 valence electrons. The lowest BCUT2D eigenvalue weighted by atomic mass is 10.1. The quantitative estimate of drug-likeness (QED) is 0.363. The Bertz CT molecular complexity index is 503. The SMILES string of the molecule is CN=C(NCc1ccc(C(N)=O)cc1)NCC(C)(C)SC.I. The lowest BCUT2D eigenvalue weighted by Crippen LogP contribution is -2.42. The molecule has 22 heavy (non-hydrogen) atoms. The van der Waals surface area contributed by atoms with E-state index >= 15 is 0 Å². The highest BCUT2D eigenvalue weighted by molar-refractivity contribution is 14.0. The number of benzene rings is 1. The molecule has 0 unspecified atom stereocenters. The smallest absolute Gasteiger partial charge is 0.248 e. The average molecular weight is 436 g/mol. The van der Waals surface area contributed by atoms with E-state index in [0.717, 1.165) is 18.1 Å². The summed E-state index contributed by atoms with van der Waals surface area (Å²) in [7, 11) is 1.75. The molecule has 0 spiro atoms. The van der Waals surface area contributed by atoms with Crippen molar-refractivity contribution in [2.24, 2.45) is 10.7 Å². The third kappa shape index (κ3) is 7.35. The normalized spacial score (nSPS) is 11.5. The number of hydrogen-bond donors (Lipinski definition) is 3. The van der Waals surface area contributed by atoms with E-state index in [1.807, 2.05) is 23.9 Å². The second kappa shape index (κ2) is 9.94. The van der Waals surface area contributed by atoms with E-state index in [1.54, 1.807) is 19.2 Å². The van der Waals surface area contributed by atoms with Crippen LogP contribution in [0.4, 0.5) is 0 Å². The average Bonchev–Trinajstić information content (AvgIpc) is 2.48. The number of nitrogens with two attached hydrogens (primary N) is 1. The molecule has 0 aliphatic rings. The van der Waals surface area contributed by atoms with E-state index in [-0.39, 0.29) is 28.7 Å². The highest BCUT2D eigenvalue weighted by Crippen LogP contribution is 2.19. The summed E-state index contributed by atoms with van der Waals surface area (Å²) in [6, 6.07) is 7.22. The van der Waals surface area contributed by atoms with Crippen LogP contribution in [0.1, 0.15) is 29.8 Å². The van der Waals surface area contributed by atoms with Crippen LogP contribution in [0.2, 0.25) is 0 Å². The summed E-state index contributed by atoms with van der Waals surface area (Å²) in [5, 5.41) is 6.55. The van der Waals surface area contributed by atoms with Crippen LogP contribution < -0.4 is 16.4 Å². The van der Waals surface area contributed by atoms with Gasteiger partial charge < -0.3 is 16.4 Å². The maximum absolute atomic E-state index is 11.0. The molecule has 5 nitrogen and oxygen atoms in total. The number of primary amides is 1. The Morgan fingerprint density at radius 3 is 2.32 bits per heavy atom. The predicted molar refractivity (Wildman–Crippen MR) is 106 cm³/mol. The molecule has 0 saturated carbocycles. The second-order valence-corrected chi connectivity index (χ2v) is 6.82. The summed E-state index contributed by atoms with van der Waals surface area (Å²) in [5.41, 5.74) is 6.79. The minimum Gasteiger partial charge on any atom is -0.366 e. The number of carbonyl (C=O) groups is 1. The molecule has 0 fully saturated rings. The Morgan fingerprint density at radius 2 is 1.86 bits per heavy atom. The molecule has 4 N–H and O–H groups in total. The van der Waals surface area contributed by atoms with Gasteiger partial charge in [0.2, 0.25) is 5.91 Å². The van der Waals surface area contributed by atoms with E-state index in [0.29, 0.717) is 12.1 Å². The first-order valence-corrected chi connectivity index (χ1v) is 7.99. The van der Waals surface area contributed by atoms with Gasteiger partial charge in [0.1, 0.15) is 0 Å². The molecule has 0 heterocycles. The third-order valence-electron chi connectivity index (χ3n) is 3.16. The van der Waals surface area contributed by atoms with Gasteiger partial charge in [0.15, 0.2) is 5.96 Å². The molecule has 0 bridgehead atoms. The van der Waals surface area contributed by atoms with Crippen molar-refractivity contribution in [1.82, 2.24) is 10.6 Å². The summed E-state index contributed by atoms with van der Waals surface area (Å²) >= 11 is 1.81. The van der Waals surface area contributed by atoms with Crippen molar-refractivity contribution < 1.29 is 4.79 Å². The molecular formula is C15H25IN4OS. The maximum atomic E-state index is 11.0. The first-order valence-electron chi connectivity index (χ1n) is 6.76. The van der Waals surface area contributed by atoms with Gasteiger partial charge in [0.25, 0.3) is 0 Å². The molecular weight excluding hydrogens is 411 g/mol. The monoisotopic (exact) mass is 436 g/mol. The summed E-state index contributed by atoms with van der Waals surface area (Å²) in [4.78, 5) is 15.2. The molecule has 0 radical (unpaired) electrons. The number of thioether (sulfide) groups is 1. The minimum atomic E-state index is -0.411. The van der Waals surface area contributed by atoms with Crippen LogP contribution in [0.5, 0.6) is 0 Å². The Balaban J connectivity index is 0.00000441. The zero-order valence-electron chi connectivity index (χ0n) is 13.5. The molecule has 0 aliphatic heterocycles. The van der Waals surface area contributed by atoms with Crippen molar-refractivity contribution in [3.05, 3.63) is 35.4 Å². The fourth-order valence-electron chi connectivity index (χ4n) is 1.56. The summed E-state index contributed by atoms with van der Waals surface area (Å²) in [6.45, 7) is 5.83. The Morgan fingerprint density at radius 1 is 1.27 bits per heavy atom. The van der Waals surface area contributed by atoms with E-state index in [2.05, 4.69) is 35.7 Å². The zero-order chi connectivity index (χ0) is 15.9. The maximum Gasteiger partial charge on any atom is 0.248 e. The van der Waals surface area contributed by atoms with Crippen molar-refractivity contribution in [3.63, 3.8) is 0 Å². The number of amides is 1. The van der Waals surface area contributed by atoms with Gasteiger partial charge in [-0.1, -0.05) is 12.1 Å². The van der Waals surface area contributed by atoms with Gasteiger partial charge in [0.05, 0.1) is 0 Å². The van der Waals surface area contributed by atoms with Crippen LogP contribution in [-0.4, -0.2) is 36.5 Å².